The van der Waals surface area contributed by atoms with Crippen LogP contribution in [0, 0.1) is 0 Å². The van der Waals surface area contributed by atoms with E-state index in [1.165, 1.54) is 143 Å². The fourth-order valence-electron chi connectivity index (χ4n) is 11.3. The van der Waals surface area contributed by atoms with Crippen LogP contribution in [0.3, 0.4) is 0 Å². The summed E-state index contributed by atoms with van der Waals surface area (Å²) in [6.45, 7) is 4.46. The lowest BCUT2D eigenvalue weighted by molar-refractivity contribution is 0.353. The molecule has 9 aromatic carbocycles. The van der Waals surface area contributed by atoms with E-state index in [0.29, 0.717) is 0 Å². The van der Waals surface area contributed by atoms with Crippen LogP contribution in [0.4, 0.5) is 0 Å². The van der Waals surface area contributed by atoms with Gasteiger partial charge in [0.15, 0.2) is 0 Å². The predicted molar refractivity (Wildman–Crippen MR) is 280 cm³/mol. The first-order valence-electron chi connectivity index (χ1n) is 23.7. The second-order valence-corrected chi connectivity index (χ2v) is 18.2. The van der Waals surface area contributed by atoms with Gasteiger partial charge >= 0.3 is 0 Å². The molecule has 2 aliphatic rings. The van der Waals surface area contributed by atoms with Gasteiger partial charge in [0, 0.05) is 5.41 Å². The van der Waals surface area contributed by atoms with Crippen LogP contribution in [0.5, 0.6) is 0 Å². The van der Waals surface area contributed by atoms with Crippen LogP contribution in [0.1, 0.15) is 80.2 Å². The highest BCUT2D eigenvalue weighted by atomic mass is 14.5. The number of fused-ring (bicyclic) bond motifs is 7. The third-order valence-corrected chi connectivity index (χ3v) is 14.3. The Morgan fingerprint density at radius 1 is 0.415 bits per heavy atom. The maximum absolute atomic E-state index is 2.56. The van der Waals surface area contributed by atoms with E-state index in [-0.39, 0.29) is 5.41 Å². The molecule has 0 atom stereocenters. The Hall–Kier alpha value is -7.28. The second kappa shape index (κ2) is 17.4. The standard InChI is InChI=1S/C65H54/c1-3-21-50(47-24-11-5-12-25-47)41-54(40-45(2)46-22-9-4-10-23-46)52-34-37-58-60(43-52)64(49-28-15-7-16-29-49)57-36-33-51(42-59(57)63(58)48-26-13-6-14-27-48)53-32-35-56-55-30-17-18-31-61(55)65(62(56)44-53)38-19-8-20-39-65/h4-7,9-18,21-37,40-44H,3,8,19-20,38-39H2,1-2H3/b45-40+,50-21-,54-41+. The quantitative estimate of drug-likeness (QED) is 0.100. The Balaban J connectivity index is 1.16. The molecular weight excluding hydrogens is 781 g/mol. The number of benzene rings is 9. The Bertz CT molecular complexity index is 3290. The molecule has 65 heavy (non-hydrogen) atoms. The van der Waals surface area contributed by atoms with Crippen LogP contribution >= 0.6 is 0 Å². The molecule has 2 aliphatic carbocycles. The fourth-order valence-corrected chi connectivity index (χ4v) is 11.3. The number of hydrogen-bond donors (Lipinski definition) is 0. The molecule has 1 saturated carbocycles. The smallest absolute Gasteiger partial charge is 0.0215 e. The zero-order valence-electron chi connectivity index (χ0n) is 37.5. The first-order valence-corrected chi connectivity index (χ1v) is 23.7. The molecule has 9 aromatic rings. The van der Waals surface area contributed by atoms with Crippen molar-refractivity contribution in [1.29, 1.82) is 0 Å². The van der Waals surface area contributed by atoms with Crippen molar-refractivity contribution >= 4 is 38.3 Å². The monoisotopic (exact) mass is 834 g/mol. The van der Waals surface area contributed by atoms with Crippen molar-refractivity contribution in [2.45, 2.75) is 57.8 Å². The third kappa shape index (κ3) is 7.38. The Labute approximate surface area is 385 Å². The van der Waals surface area contributed by atoms with E-state index in [1.54, 1.807) is 0 Å². The first kappa shape index (κ1) is 40.5. The molecule has 314 valence electrons. The van der Waals surface area contributed by atoms with Gasteiger partial charge < -0.3 is 0 Å². The van der Waals surface area contributed by atoms with Crippen LogP contribution in [0.15, 0.2) is 218 Å². The van der Waals surface area contributed by atoms with E-state index in [9.17, 15) is 0 Å². The van der Waals surface area contributed by atoms with Gasteiger partial charge in [-0.3, -0.25) is 0 Å². The zero-order chi connectivity index (χ0) is 43.7. The molecule has 0 heteroatoms. The molecule has 0 N–H and O–H groups in total. The van der Waals surface area contributed by atoms with Crippen LogP contribution < -0.4 is 0 Å². The molecule has 0 aliphatic heterocycles. The van der Waals surface area contributed by atoms with Crippen molar-refractivity contribution in [1.82, 2.24) is 0 Å². The average Bonchev–Trinajstić information content (AvgIpc) is 3.63. The fraction of sp³-hybridized carbons (Fsp3) is 0.138. The molecule has 0 nitrogen and oxygen atoms in total. The van der Waals surface area contributed by atoms with E-state index in [2.05, 4.69) is 232 Å². The molecule has 1 fully saturated rings. The van der Waals surface area contributed by atoms with Crippen molar-refractivity contribution in [2.24, 2.45) is 0 Å². The summed E-state index contributed by atoms with van der Waals surface area (Å²) in [6.07, 6.45) is 14.4. The molecule has 0 heterocycles. The van der Waals surface area contributed by atoms with Crippen molar-refractivity contribution < 1.29 is 0 Å². The van der Waals surface area contributed by atoms with Crippen molar-refractivity contribution in [3.05, 3.63) is 246 Å². The van der Waals surface area contributed by atoms with Crippen LogP contribution in [-0.2, 0) is 5.41 Å². The molecule has 0 bridgehead atoms. The summed E-state index contributed by atoms with van der Waals surface area (Å²) in [6, 6.07) is 74.8. The molecule has 1 spiro atoms. The van der Waals surface area contributed by atoms with E-state index in [4.69, 9.17) is 0 Å². The highest BCUT2D eigenvalue weighted by Crippen LogP contribution is 2.56. The lowest BCUT2D eigenvalue weighted by atomic mass is 9.67. The molecule has 0 radical (unpaired) electrons. The zero-order valence-corrected chi connectivity index (χ0v) is 37.5. The average molecular weight is 835 g/mol. The van der Waals surface area contributed by atoms with Crippen LogP contribution in [-0.4, -0.2) is 0 Å². The molecular formula is C65H54. The molecule has 0 amide bonds. The lowest BCUT2D eigenvalue weighted by Crippen LogP contribution is -2.28. The van der Waals surface area contributed by atoms with Crippen molar-refractivity contribution in [2.75, 3.05) is 0 Å². The van der Waals surface area contributed by atoms with Gasteiger partial charge in [-0.15, -0.1) is 0 Å². The van der Waals surface area contributed by atoms with Gasteiger partial charge in [-0.25, -0.2) is 0 Å². The van der Waals surface area contributed by atoms with Gasteiger partial charge in [-0.2, -0.15) is 0 Å². The summed E-state index contributed by atoms with van der Waals surface area (Å²) in [7, 11) is 0. The lowest BCUT2D eigenvalue weighted by Gasteiger charge is -2.36. The van der Waals surface area contributed by atoms with E-state index >= 15 is 0 Å². The van der Waals surface area contributed by atoms with Crippen molar-refractivity contribution in [3.63, 3.8) is 0 Å². The number of allylic oxidation sites excluding steroid dienone is 6. The Morgan fingerprint density at radius 2 is 0.954 bits per heavy atom. The second-order valence-electron chi connectivity index (χ2n) is 18.2. The van der Waals surface area contributed by atoms with Gasteiger partial charge in [0.25, 0.3) is 0 Å². The normalized spacial score (nSPS) is 14.8. The Kier molecular flexibility index (Phi) is 10.8. The Morgan fingerprint density at radius 3 is 1.62 bits per heavy atom. The maximum atomic E-state index is 2.56. The van der Waals surface area contributed by atoms with Crippen molar-refractivity contribution in [3.8, 4) is 44.5 Å². The summed E-state index contributed by atoms with van der Waals surface area (Å²) in [4.78, 5) is 0. The van der Waals surface area contributed by atoms with Crippen LogP contribution in [0.25, 0.3) is 82.8 Å². The minimum Gasteiger partial charge on any atom is -0.0769 e. The summed E-state index contributed by atoms with van der Waals surface area (Å²) in [5, 5.41) is 5.04. The minimum atomic E-state index is 0.108. The van der Waals surface area contributed by atoms with Gasteiger partial charge in [-0.1, -0.05) is 220 Å². The summed E-state index contributed by atoms with van der Waals surface area (Å²) in [5.74, 6) is 0. The molecule has 0 unspecified atom stereocenters. The molecule has 11 rings (SSSR count). The number of hydrogen-bond acceptors (Lipinski definition) is 0. The SMILES string of the molecule is CC/C=C(/C=C(\C=C(/C)c1ccccc1)c1ccc2c(-c3ccccc3)c3cc(-c4ccc5c(c4)C4(CCCCC4)c4ccccc4-5)ccc3c(-c3ccccc3)c2c1)c1ccccc1. The van der Waals surface area contributed by atoms with E-state index in [1.807, 2.05) is 0 Å². The number of rotatable bonds is 9. The van der Waals surface area contributed by atoms with Gasteiger partial charge in [-0.05, 0) is 161 Å². The van der Waals surface area contributed by atoms with E-state index < -0.39 is 0 Å². The van der Waals surface area contributed by atoms with Crippen LogP contribution in [0.2, 0.25) is 0 Å². The largest absolute Gasteiger partial charge is 0.0769 e. The van der Waals surface area contributed by atoms with Gasteiger partial charge in [0.05, 0.1) is 0 Å². The highest BCUT2D eigenvalue weighted by molar-refractivity contribution is 6.22. The summed E-state index contributed by atoms with van der Waals surface area (Å²) < 4.78 is 0. The topological polar surface area (TPSA) is 0 Å². The summed E-state index contributed by atoms with van der Waals surface area (Å²) in [5.41, 5.74) is 20.8. The minimum absolute atomic E-state index is 0.108. The molecule has 0 aromatic heterocycles. The van der Waals surface area contributed by atoms with Gasteiger partial charge in [0.2, 0.25) is 0 Å². The van der Waals surface area contributed by atoms with Gasteiger partial charge in [0.1, 0.15) is 0 Å². The highest BCUT2D eigenvalue weighted by Gasteiger charge is 2.43. The third-order valence-electron chi connectivity index (χ3n) is 14.3. The maximum Gasteiger partial charge on any atom is 0.0215 e. The first-order chi connectivity index (χ1) is 32.1. The molecule has 0 saturated heterocycles. The predicted octanol–water partition coefficient (Wildman–Crippen LogP) is 18.2. The summed E-state index contributed by atoms with van der Waals surface area (Å²) >= 11 is 0. The van der Waals surface area contributed by atoms with E-state index in [0.717, 1.165) is 6.42 Å².